The summed E-state index contributed by atoms with van der Waals surface area (Å²) in [4.78, 5) is 3.99. The molecule has 0 spiro atoms. The van der Waals surface area contributed by atoms with Gasteiger partial charge in [0.05, 0.1) is 13.7 Å². The van der Waals surface area contributed by atoms with Crippen molar-refractivity contribution in [3.05, 3.63) is 49.3 Å². The Morgan fingerprint density at radius 1 is 1.29 bits per heavy atom. The van der Waals surface area contributed by atoms with Crippen LogP contribution in [0.5, 0.6) is 0 Å². The molecule has 0 aromatic carbocycles. The van der Waals surface area contributed by atoms with E-state index in [9.17, 15) is 5.11 Å². The summed E-state index contributed by atoms with van der Waals surface area (Å²) in [6, 6.07) is 5.82. The first-order chi connectivity index (χ1) is 8.09. The summed E-state index contributed by atoms with van der Waals surface area (Å²) < 4.78 is 1.98. The van der Waals surface area contributed by atoms with Crippen molar-refractivity contribution < 1.29 is 5.11 Å². The van der Waals surface area contributed by atoms with E-state index in [1.807, 2.05) is 25.1 Å². The lowest BCUT2D eigenvalue weighted by atomic mass is 9.93. The number of rotatable bonds is 3. The van der Waals surface area contributed by atoms with Crippen LogP contribution in [0.15, 0.2) is 38.2 Å². The third-order valence-corrected chi connectivity index (χ3v) is 5.09. The van der Waals surface area contributed by atoms with Gasteiger partial charge in [0.1, 0.15) is 0 Å². The maximum absolute atomic E-state index is 10.4. The average Bonchev–Trinajstić information content (AvgIpc) is 2.68. The number of thiophene rings is 1. The first-order valence-electron chi connectivity index (χ1n) is 5.12. The summed E-state index contributed by atoms with van der Waals surface area (Å²) >= 11 is 8.47. The molecule has 90 valence electrons. The minimum absolute atomic E-state index is 0.0378. The van der Waals surface area contributed by atoms with Crippen LogP contribution >= 0.6 is 43.2 Å². The zero-order valence-electron chi connectivity index (χ0n) is 9.10. The molecule has 0 fully saturated rings. The summed E-state index contributed by atoms with van der Waals surface area (Å²) in [6.07, 6.45) is 2.98. The Bertz CT molecular complexity index is 500. The quantitative estimate of drug-likeness (QED) is 0.854. The Morgan fingerprint density at radius 3 is 2.47 bits per heavy atom. The molecule has 2 nitrogen and oxygen atoms in total. The molecular weight excluding hydrogens is 366 g/mol. The molecule has 0 saturated carbocycles. The molecule has 2 aromatic rings. The largest absolute Gasteiger partial charge is 0.388 e. The Labute approximate surface area is 121 Å². The summed E-state index contributed by atoms with van der Waals surface area (Å²) in [5.74, 6) is 0.0378. The smallest absolute Gasteiger partial charge is 0.0875 e. The van der Waals surface area contributed by atoms with Crippen molar-refractivity contribution in [1.82, 2.24) is 4.98 Å². The predicted molar refractivity (Wildman–Crippen MR) is 77.3 cm³/mol. The lowest BCUT2D eigenvalue weighted by molar-refractivity contribution is 0.151. The second-order valence-corrected chi connectivity index (χ2v) is 7.54. The highest BCUT2D eigenvalue weighted by molar-refractivity contribution is 9.12. The number of halogens is 2. The fourth-order valence-corrected chi connectivity index (χ4v) is 4.58. The Balaban J connectivity index is 2.26. The minimum atomic E-state index is -0.519. The lowest BCUT2D eigenvalue weighted by Gasteiger charge is -2.18. The average molecular weight is 377 g/mol. The summed E-state index contributed by atoms with van der Waals surface area (Å²) in [6.45, 7) is 2.01. The lowest BCUT2D eigenvalue weighted by Crippen LogP contribution is -2.07. The van der Waals surface area contributed by atoms with Gasteiger partial charge in [-0.3, -0.25) is 4.98 Å². The summed E-state index contributed by atoms with van der Waals surface area (Å²) in [7, 11) is 0. The maximum Gasteiger partial charge on any atom is 0.0875 e. The SMILES string of the molecule is CC(c1ccncc1)C(O)c1cc(Br)sc1Br. The molecule has 0 aliphatic heterocycles. The van der Waals surface area contributed by atoms with Crippen LogP contribution in [0.4, 0.5) is 0 Å². The van der Waals surface area contributed by atoms with E-state index in [1.54, 1.807) is 23.7 Å². The molecule has 5 heteroatoms. The molecule has 17 heavy (non-hydrogen) atoms. The molecule has 0 bridgehead atoms. The summed E-state index contributed by atoms with van der Waals surface area (Å²) in [5.41, 5.74) is 2.01. The van der Waals surface area contributed by atoms with Gasteiger partial charge >= 0.3 is 0 Å². The molecule has 1 N–H and O–H groups in total. The summed E-state index contributed by atoms with van der Waals surface area (Å²) in [5, 5.41) is 10.4. The van der Waals surface area contributed by atoms with Crippen molar-refractivity contribution in [2.24, 2.45) is 0 Å². The molecule has 0 aliphatic rings. The zero-order valence-corrected chi connectivity index (χ0v) is 13.1. The number of nitrogens with zero attached hydrogens (tertiary/aromatic N) is 1. The third-order valence-electron chi connectivity index (χ3n) is 2.71. The monoisotopic (exact) mass is 375 g/mol. The van der Waals surface area contributed by atoms with Crippen molar-refractivity contribution in [2.75, 3.05) is 0 Å². The van der Waals surface area contributed by atoms with Gasteiger partial charge in [0, 0.05) is 23.9 Å². The van der Waals surface area contributed by atoms with Crippen molar-refractivity contribution in [3.63, 3.8) is 0 Å². The van der Waals surface area contributed by atoms with Crippen LogP contribution in [0.3, 0.4) is 0 Å². The molecule has 2 rings (SSSR count). The number of aromatic nitrogens is 1. The molecule has 0 aliphatic carbocycles. The van der Waals surface area contributed by atoms with Crippen molar-refractivity contribution in [3.8, 4) is 0 Å². The van der Waals surface area contributed by atoms with Crippen LogP contribution in [0, 0.1) is 0 Å². The van der Waals surface area contributed by atoms with Gasteiger partial charge in [-0.25, -0.2) is 0 Å². The predicted octanol–water partition coefficient (Wildman–Crippen LogP) is 4.51. The second-order valence-electron chi connectivity index (χ2n) is 3.79. The van der Waals surface area contributed by atoms with E-state index in [2.05, 4.69) is 36.8 Å². The first kappa shape index (κ1) is 13.2. The van der Waals surface area contributed by atoms with Crippen LogP contribution < -0.4 is 0 Å². The zero-order chi connectivity index (χ0) is 12.4. The molecule has 0 saturated heterocycles. The standard InChI is InChI=1S/C12H11Br2NOS/c1-7(8-2-4-15-5-3-8)11(16)9-6-10(13)17-12(9)14/h2-7,11,16H,1H3. The maximum atomic E-state index is 10.4. The molecule has 2 atom stereocenters. The number of aliphatic hydroxyl groups excluding tert-OH is 1. The van der Waals surface area contributed by atoms with Crippen molar-refractivity contribution in [2.45, 2.75) is 18.9 Å². The normalized spacial score (nSPS) is 14.6. The van der Waals surface area contributed by atoms with E-state index in [1.165, 1.54) is 0 Å². The van der Waals surface area contributed by atoms with Crippen LogP contribution in [0.2, 0.25) is 0 Å². The topological polar surface area (TPSA) is 33.1 Å². The van der Waals surface area contributed by atoms with Crippen molar-refractivity contribution >= 4 is 43.2 Å². The fraction of sp³-hybridized carbons (Fsp3) is 0.250. The first-order valence-corrected chi connectivity index (χ1v) is 7.52. The second kappa shape index (κ2) is 5.61. The molecule has 0 amide bonds. The Morgan fingerprint density at radius 2 is 1.94 bits per heavy atom. The fourth-order valence-electron chi connectivity index (χ4n) is 1.67. The van der Waals surface area contributed by atoms with E-state index in [-0.39, 0.29) is 5.92 Å². The van der Waals surface area contributed by atoms with Gasteiger partial charge < -0.3 is 5.11 Å². The van der Waals surface area contributed by atoms with Gasteiger partial charge in [-0.1, -0.05) is 6.92 Å². The number of aliphatic hydroxyl groups is 1. The third kappa shape index (κ3) is 2.96. The van der Waals surface area contributed by atoms with E-state index < -0.39 is 6.10 Å². The van der Waals surface area contributed by atoms with Crippen LogP contribution in [0.1, 0.15) is 30.1 Å². The van der Waals surface area contributed by atoms with E-state index in [0.717, 1.165) is 18.7 Å². The highest BCUT2D eigenvalue weighted by Crippen LogP contribution is 2.40. The van der Waals surface area contributed by atoms with Crippen LogP contribution in [-0.2, 0) is 0 Å². The highest BCUT2D eigenvalue weighted by Gasteiger charge is 2.22. The number of hydrogen-bond acceptors (Lipinski definition) is 3. The van der Waals surface area contributed by atoms with Gasteiger partial charge in [0.15, 0.2) is 0 Å². The van der Waals surface area contributed by atoms with Gasteiger partial charge in [0.25, 0.3) is 0 Å². The van der Waals surface area contributed by atoms with Crippen LogP contribution in [-0.4, -0.2) is 10.1 Å². The van der Waals surface area contributed by atoms with Gasteiger partial charge in [-0.2, -0.15) is 0 Å². The van der Waals surface area contributed by atoms with E-state index >= 15 is 0 Å². The van der Waals surface area contributed by atoms with E-state index in [4.69, 9.17) is 0 Å². The Kier molecular flexibility index (Phi) is 4.36. The van der Waals surface area contributed by atoms with Crippen LogP contribution in [0.25, 0.3) is 0 Å². The number of pyridine rings is 1. The number of hydrogen-bond donors (Lipinski definition) is 1. The molecule has 2 unspecified atom stereocenters. The van der Waals surface area contributed by atoms with Crippen molar-refractivity contribution in [1.29, 1.82) is 0 Å². The highest BCUT2D eigenvalue weighted by atomic mass is 79.9. The Hall–Kier alpha value is -0.230. The molecular formula is C12H11Br2NOS. The van der Waals surface area contributed by atoms with E-state index in [0.29, 0.717) is 0 Å². The minimum Gasteiger partial charge on any atom is -0.388 e. The molecule has 2 aromatic heterocycles. The van der Waals surface area contributed by atoms with Gasteiger partial charge in [0.2, 0.25) is 0 Å². The molecule has 2 heterocycles. The van der Waals surface area contributed by atoms with Gasteiger partial charge in [-0.15, -0.1) is 11.3 Å². The molecule has 0 radical (unpaired) electrons. The van der Waals surface area contributed by atoms with Gasteiger partial charge in [-0.05, 0) is 55.6 Å².